The number of carbonyl (C=O) groups excluding carboxylic acids is 2. The molecule has 1 aromatic rings. The highest BCUT2D eigenvalue weighted by atomic mass is 32.2. The van der Waals surface area contributed by atoms with Gasteiger partial charge in [-0.2, -0.15) is 0 Å². The molecule has 0 bridgehead atoms. The molecule has 140 valence electrons. The van der Waals surface area contributed by atoms with Crippen LogP contribution in [0.4, 0.5) is 0 Å². The summed E-state index contributed by atoms with van der Waals surface area (Å²) in [5.74, 6) is -0.628. The van der Waals surface area contributed by atoms with Crippen LogP contribution in [0.25, 0.3) is 0 Å². The van der Waals surface area contributed by atoms with Crippen molar-refractivity contribution in [3.05, 3.63) is 29.8 Å². The van der Waals surface area contributed by atoms with E-state index in [0.29, 0.717) is 13.1 Å². The second kappa shape index (κ2) is 9.53. The minimum Gasteiger partial charge on any atom is -0.343 e. The number of unbranched alkanes of at least 4 members (excludes halogenated alkanes) is 1. The summed E-state index contributed by atoms with van der Waals surface area (Å²) < 4.78 is 25.4. The van der Waals surface area contributed by atoms with Crippen LogP contribution in [0.5, 0.6) is 0 Å². The monoisotopic (exact) mass is 369 g/mol. The van der Waals surface area contributed by atoms with Gasteiger partial charge >= 0.3 is 0 Å². The van der Waals surface area contributed by atoms with Gasteiger partial charge in [0, 0.05) is 32.7 Å². The van der Waals surface area contributed by atoms with E-state index in [1.807, 2.05) is 6.92 Å². The first-order valence-corrected chi connectivity index (χ1v) is 9.76. The van der Waals surface area contributed by atoms with E-state index >= 15 is 0 Å². The second-order valence-electron chi connectivity index (χ2n) is 5.82. The Morgan fingerprint density at radius 3 is 2.40 bits per heavy atom. The van der Waals surface area contributed by atoms with Gasteiger partial charge in [0.05, 0.1) is 11.4 Å². The van der Waals surface area contributed by atoms with Crippen molar-refractivity contribution in [1.29, 1.82) is 0 Å². The van der Waals surface area contributed by atoms with Gasteiger partial charge in [-0.3, -0.25) is 9.59 Å². The fourth-order valence-electron chi connectivity index (χ4n) is 2.19. The Morgan fingerprint density at radius 1 is 1.16 bits per heavy atom. The molecule has 2 amide bonds. The van der Waals surface area contributed by atoms with Crippen LogP contribution in [-0.2, 0) is 14.8 Å². The molecule has 0 heterocycles. The molecule has 0 aromatic heterocycles. The molecule has 0 spiro atoms. The molecule has 0 saturated heterocycles. The average Bonchev–Trinajstić information content (AvgIpc) is 2.60. The van der Waals surface area contributed by atoms with Gasteiger partial charge in [0.25, 0.3) is 5.91 Å². The summed E-state index contributed by atoms with van der Waals surface area (Å²) in [5.41, 5.74) is 0.201. The van der Waals surface area contributed by atoms with Crippen LogP contribution >= 0.6 is 0 Å². The Balaban J connectivity index is 2.77. The van der Waals surface area contributed by atoms with E-state index in [1.165, 1.54) is 38.4 Å². The molecule has 0 aliphatic carbocycles. The molecule has 7 nitrogen and oxygen atoms in total. The van der Waals surface area contributed by atoms with Gasteiger partial charge in [-0.1, -0.05) is 19.4 Å². The molecule has 1 N–H and O–H groups in total. The zero-order valence-electron chi connectivity index (χ0n) is 15.3. The Kier molecular flexibility index (Phi) is 8.05. The number of hydrogen-bond donors (Lipinski definition) is 1. The molecular formula is C17H27N3O4S. The van der Waals surface area contributed by atoms with Crippen molar-refractivity contribution >= 4 is 21.8 Å². The zero-order chi connectivity index (χ0) is 19.0. The van der Waals surface area contributed by atoms with Crippen LogP contribution in [0.3, 0.4) is 0 Å². The van der Waals surface area contributed by atoms with Gasteiger partial charge in [-0.05, 0) is 31.5 Å². The lowest BCUT2D eigenvalue weighted by Crippen LogP contribution is -2.40. The number of rotatable bonds is 9. The Morgan fingerprint density at radius 2 is 1.84 bits per heavy atom. The molecule has 0 unspecified atom stereocenters. The molecule has 0 aliphatic rings. The normalized spacial score (nSPS) is 11.4. The van der Waals surface area contributed by atoms with Crippen LogP contribution in [0.15, 0.2) is 29.2 Å². The van der Waals surface area contributed by atoms with Gasteiger partial charge in [0.2, 0.25) is 15.9 Å². The summed E-state index contributed by atoms with van der Waals surface area (Å²) in [5, 5.41) is 2.56. The average molecular weight is 369 g/mol. The van der Waals surface area contributed by atoms with Gasteiger partial charge in [-0.25, -0.2) is 12.7 Å². The number of nitrogens with zero attached hydrogens (tertiary/aromatic N) is 2. The van der Waals surface area contributed by atoms with Crippen molar-refractivity contribution < 1.29 is 18.0 Å². The van der Waals surface area contributed by atoms with Gasteiger partial charge in [0.1, 0.15) is 0 Å². The highest BCUT2D eigenvalue weighted by molar-refractivity contribution is 7.89. The Hall–Kier alpha value is -1.93. The second-order valence-corrected chi connectivity index (χ2v) is 7.98. The smallest absolute Gasteiger partial charge is 0.251 e. The van der Waals surface area contributed by atoms with Crippen LogP contribution in [-0.4, -0.2) is 63.2 Å². The predicted octanol–water partition coefficient (Wildman–Crippen LogP) is 1.32. The number of sulfonamides is 1. The van der Waals surface area contributed by atoms with Crippen LogP contribution in [0.1, 0.15) is 37.0 Å². The number of benzene rings is 1. The van der Waals surface area contributed by atoms with E-state index in [4.69, 9.17) is 0 Å². The Labute approximate surface area is 150 Å². The maximum absolute atomic E-state index is 12.2. The molecule has 0 fully saturated rings. The summed E-state index contributed by atoms with van der Waals surface area (Å²) in [4.78, 5) is 26.1. The van der Waals surface area contributed by atoms with Crippen molar-refractivity contribution in [2.24, 2.45) is 0 Å². The minimum atomic E-state index is -3.61. The lowest BCUT2D eigenvalue weighted by molar-refractivity contribution is -0.130. The topological polar surface area (TPSA) is 86.8 Å². The third kappa shape index (κ3) is 5.82. The first-order chi connectivity index (χ1) is 11.7. The molecule has 1 aromatic carbocycles. The standard InChI is InChI=1S/C17H27N3O4S/c1-5-7-11-20(6-2)16(21)13-18-17(22)14-9-8-10-15(12-14)25(23,24)19(3)4/h8-10,12H,5-7,11,13H2,1-4H3,(H,18,22). The summed E-state index contributed by atoms with van der Waals surface area (Å²) >= 11 is 0. The first kappa shape index (κ1) is 21.1. The molecular weight excluding hydrogens is 342 g/mol. The third-order valence-corrected chi connectivity index (χ3v) is 5.60. The fourth-order valence-corrected chi connectivity index (χ4v) is 3.13. The first-order valence-electron chi connectivity index (χ1n) is 8.32. The predicted molar refractivity (Wildman–Crippen MR) is 96.8 cm³/mol. The summed E-state index contributed by atoms with van der Waals surface area (Å²) in [6.45, 7) is 5.09. The van der Waals surface area contributed by atoms with Crippen molar-refractivity contribution in [1.82, 2.24) is 14.5 Å². The molecule has 1 rings (SSSR count). The number of likely N-dealkylation sites (N-methyl/N-ethyl adjacent to an activating group) is 1. The van der Waals surface area contributed by atoms with Gasteiger partial charge in [-0.15, -0.1) is 0 Å². The van der Waals surface area contributed by atoms with E-state index < -0.39 is 15.9 Å². The lowest BCUT2D eigenvalue weighted by atomic mass is 10.2. The van der Waals surface area contributed by atoms with Crippen LogP contribution in [0, 0.1) is 0 Å². The largest absolute Gasteiger partial charge is 0.343 e. The van der Waals surface area contributed by atoms with E-state index in [2.05, 4.69) is 12.2 Å². The highest BCUT2D eigenvalue weighted by Gasteiger charge is 2.19. The summed E-state index contributed by atoms with van der Waals surface area (Å²) in [6.07, 6.45) is 1.90. The molecule has 0 aliphatic heterocycles. The van der Waals surface area contributed by atoms with Crippen LogP contribution in [0.2, 0.25) is 0 Å². The number of carbonyl (C=O) groups is 2. The maximum atomic E-state index is 12.2. The molecule has 0 saturated carbocycles. The van der Waals surface area contributed by atoms with Crippen molar-refractivity contribution in [2.45, 2.75) is 31.6 Å². The molecule has 25 heavy (non-hydrogen) atoms. The minimum absolute atomic E-state index is 0.0367. The van der Waals surface area contributed by atoms with Crippen molar-refractivity contribution in [3.8, 4) is 0 Å². The van der Waals surface area contributed by atoms with Gasteiger partial charge < -0.3 is 10.2 Å². The van der Waals surface area contributed by atoms with Crippen LogP contribution < -0.4 is 5.32 Å². The summed E-state index contributed by atoms with van der Waals surface area (Å²) in [7, 11) is -0.760. The number of amides is 2. The van der Waals surface area contributed by atoms with E-state index in [1.54, 1.807) is 4.90 Å². The molecule has 8 heteroatoms. The number of hydrogen-bond acceptors (Lipinski definition) is 4. The quantitative estimate of drug-likeness (QED) is 0.711. The fraction of sp³-hybridized carbons (Fsp3) is 0.529. The van der Waals surface area contributed by atoms with Crippen molar-refractivity contribution in [3.63, 3.8) is 0 Å². The highest BCUT2D eigenvalue weighted by Crippen LogP contribution is 2.14. The third-order valence-electron chi connectivity index (χ3n) is 3.79. The lowest BCUT2D eigenvalue weighted by Gasteiger charge is -2.20. The van der Waals surface area contributed by atoms with Crippen molar-refractivity contribution in [2.75, 3.05) is 33.7 Å². The van der Waals surface area contributed by atoms with E-state index in [9.17, 15) is 18.0 Å². The molecule has 0 radical (unpaired) electrons. The Bertz CT molecular complexity index is 702. The molecule has 0 atom stereocenters. The SMILES string of the molecule is CCCCN(CC)C(=O)CNC(=O)c1cccc(S(=O)(=O)N(C)C)c1. The van der Waals surface area contributed by atoms with E-state index in [0.717, 1.165) is 17.1 Å². The van der Waals surface area contributed by atoms with E-state index in [-0.39, 0.29) is 22.9 Å². The maximum Gasteiger partial charge on any atom is 0.251 e. The zero-order valence-corrected chi connectivity index (χ0v) is 16.1. The number of nitrogens with one attached hydrogen (secondary N) is 1. The summed E-state index contributed by atoms with van der Waals surface area (Å²) in [6, 6.07) is 5.76. The van der Waals surface area contributed by atoms with Gasteiger partial charge in [0.15, 0.2) is 0 Å².